The molecule has 0 atom stereocenters. The van der Waals surface area contributed by atoms with Gasteiger partial charge in [-0.15, -0.1) is 0 Å². The van der Waals surface area contributed by atoms with Crippen LogP contribution >= 0.6 is 0 Å². The van der Waals surface area contributed by atoms with Gasteiger partial charge >= 0.3 is 11.9 Å². The molecule has 2 rings (SSSR count). The molecule has 0 spiro atoms. The molecule has 3 N–H and O–H groups in total. The zero-order valence-corrected chi connectivity index (χ0v) is 13.3. The molecule has 0 aliphatic carbocycles. The van der Waals surface area contributed by atoms with Gasteiger partial charge in [-0.25, -0.2) is 4.79 Å². The Bertz CT molecular complexity index is 853. The second-order valence-electron chi connectivity index (χ2n) is 5.35. The number of rotatable bonds is 5. The van der Waals surface area contributed by atoms with Crippen molar-refractivity contribution in [1.29, 1.82) is 0 Å². The molecule has 0 aliphatic heterocycles. The van der Waals surface area contributed by atoms with Crippen molar-refractivity contribution in [2.75, 3.05) is 0 Å². The fourth-order valence-corrected chi connectivity index (χ4v) is 2.37. The van der Waals surface area contributed by atoms with Crippen LogP contribution in [-0.4, -0.2) is 27.1 Å². The van der Waals surface area contributed by atoms with E-state index >= 15 is 0 Å². The predicted octanol–water partition coefficient (Wildman–Crippen LogP) is 1.74. The first kappa shape index (κ1) is 17.3. The zero-order chi connectivity index (χ0) is 17.9. The number of hydrogen-bond acceptors (Lipinski definition) is 5. The Balaban J connectivity index is 2.40. The van der Waals surface area contributed by atoms with Crippen LogP contribution in [0, 0.1) is 6.92 Å². The molecule has 0 fully saturated rings. The number of benzene rings is 1. The van der Waals surface area contributed by atoms with Crippen LogP contribution in [0.3, 0.4) is 0 Å². The Morgan fingerprint density at radius 1 is 1.25 bits per heavy atom. The number of hydrogen-bond donors (Lipinski definition) is 3. The third-order valence-electron chi connectivity index (χ3n) is 3.59. The Morgan fingerprint density at radius 3 is 2.54 bits per heavy atom. The summed E-state index contributed by atoms with van der Waals surface area (Å²) < 4.78 is 4.77. The average molecular weight is 331 g/mol. The number of carbonyl (C=O) groups is 2. The summed E-state index contributed by atoms with van der Waals surface area (Å²) in [5, 5.41) is 19.4. The number of aromatic hydroxyl groups is 1. The number of esters is 1. The van der Waals surface area contributed by atoms with Gasteiger partial charge in [-0.2, -0.15) is 0 Å². The quantitative estimate of drug-likeness (QED) is 0.719. The second kappa shape index (κ2) is 6.99. The average Bonchev–Trinajstić information content (AvgIpc) is 2.49. The smallest absolute Gasteiger partial charge is 0.335 e. The molecule has 0 unspecified atom stereocenters. The summed E-state index contributed by atoms with van der Waals surface area (Å²) in [7, 11) is 0. The highest BCUT2D eigenvalue weighted by Crippen LogP contribution is 2.22. The minimum atomic E-state index is -1.10. The fraction of sp³-hybridized carbons (Fsp3) is 0.235. The lowest BCUT2D eigenvalue weighted by molar-refractivity contribution is -0.142. The molecule has 0 amide bonds. The molecule has 126 valence electrons. The maximum Gasteiger partial charge on any atom is 0.335 e. The molecule has 0 aliphatic rings. The van der Waals surface area contributed by atoms with E-state index in [1.54, 1.807) is 19.1 Å². The maximum atomic E-state index is 12.2. The molecular formula is C17H17NO6. The van der Waals surface area contributed by atoms with E-state index in [2.05, 4.69) is 4.98 Å². The van der Waals surface area contributed by atoms with E-state index in [4.69, 9.17) is 4.74 Å². The number of aromatic carboxylic acids is 1. The van der Waals surface area contributed by atoms with Crippen molar-refractivity contribution in [3.05, 3.63) is 62.6 Å². The van der Waals surface area contributed by atoms with Crippen LogP contribution < -0.4 is 5.56 Å². The molecule has 0 radical (unpaired) electrons. The number of ether oxygens (including phenoxy) is 1. The van der Waals surface area contributed by atoms with Crippen LogP contribution in [0.2, 0.25) is 0 Å². The predicted molar refractivity (Wildman–Crippen MR) is 85.1 cm³/mol. The van der Waals surface area contributed by atoms with Crippen molar-refractivity contribution in [1.82, 2.24) is 4.98 Å². The lowest BCUT2D eigenvalue weighted by Gasteiger charge is -2.11. The minimum Gasteiger partial charge on any atom is -0.507 e. The summed E-state index contributed by atoms with van der Waals surface area (Å²) in [5.41, 5.74) is 0.990. The van der Waals surface area contributed by atoms with Crippen molar-refractivity contribution in [2.45, 2.75) is 26.9 Å². The van der Waals surface area contributed by atoms with Gasteiger partial charge in [0.25, 0.3) is 5.56 Å². The third-order valence-corrected chi connectivity index (χ3v) is 3.59. The van der Waals surface area contributed by atoms with Crippen LogP contribution in [0.1, 0.15) is 39.7 Å². The van der Waals surface area contributed by atoms with Crippen LogP contribution in [0.15, 0.2) is 29.1 Å². The molecule has 7 heteroatoms. The Morgan fingerprint density at radius 2 is 1.96 bits per heavy atom. The van der Waals surface area contributed by atoms with Crippen LogP contribution in [0.4, 0.5) is 0 Å². The number of aryl methyl sites for hydroxylation is 1. The zero-order valence-electron chi connectivity index (χ0n) is 13.3. The van der Waals surface area contributed by atoms with Gasteiger partial charge in [-0.05, 0) is 24.1 Å². The van der Waals surface area contributed by atoms with E-state index in [0.29, 0.717) is 11.1 Å². The fourth-order valence-electron chi connectivity index (χ4n) is 2.37. The summed E-state index contributed by atoms with van der Waals surface area (Å²) in [6.07, 6.45) is -0.0245. The molecule has 1 aromatic carbocycles. The standard InChI is InChI=1S/C17H17NO6/c1-9-4-3-5-12(17(22)23)13(9)7-14-15(20)6-11(18-16(14)21)8-24-10(2)19/h3-6H,7-8H2,1-2H3,(H,22,23)(H2,18,20,21). The van der Waals surface area contributed by atoms with Gasteiger partial charge in [-0.1, -0.05) is 12.1 Å². The van der Waals surface area contributed by atoms with E-state index < -0.39 is 17.5 Å². The number of pyridine rings is 1. The normalized spacial score (nSPS) is 10.4. The summed E-state index contributed by atoms with van der Waals surface area (Å²) in [6.45, 7) is 2.81. The van der Waals surface area contributed by atoms with Gasteiger partial charge in [-0.3, -0.25) is 9.59 Å². The highest BCUT2D eigenvalue weighted by Gasteiger charge is 2.17. The third kappa shape index (κ3) is 3.81. The van der Waals surface area contributed by atoms with Gasteiger partial charge in [0.05, 0.1) is 16.8 Å². The van der Waals surface area contributed by atoms with Gasteiger partial charge in [0.1, 0.15) is 12.4 Å². The first-order chi connectivity index (χ1) is 11.3. The molecule has 0 saturated heterocycles. The topological polar surface area (TPSA) is 117 Å². The second-order valence-corrected chi connectivity index (χ2v) is 5.35. The van der Waals surface area contributed by atoms with E-state index in [1.807, 2.05) is 0 Å². The Kier molecular flexibility index (Phi) is 5.03. The summed E-state index contributed by atoms with van der Waals surface area (Å²) in [6, 6.07) is 6.10. The molecule has 1 heterocycles. The van der Waals surface area contributed by atoms with Gasteiger partial charge in [0.2, 0.25) is 0 Å². The van der Waals surface area contributed by atoms with Gasteiger partial charge in [0, 0.05) is 19.4 Å². The number of carboxylic acids is 1. The number of aromatic amines is 1. The largest absolute Gasteiger partial charge is 0.507 e. The molecule has 7 nitrogen and oxygen atoms in total. The molecule has 2 aromatic rings. The number of nitrogens with one attached hydrogen (secondary N) is 1. The van der Waals surface area contributed by atoms with E-state index in [-0.39, 0.29) is 35.6 Å². The van der Waals surface area contributed by atoms with Crippen LogP contribution in [0.25, 0.3) is 0 Å². The van der Waals surface area contributed by atoms with Gasteiger partial charge < -0.3 is 19.9 Å². The summed E-state index contributed by atoms with van der Waals surface area (Å²) >= 11 is 0. The van der Waals surface area contributed by atoms with Crippen molar-refractivity contribution in [3.63, 3.8) is 0 Å². The van der Waals surface area contributed by atoms with Crippen molar-refractivity contribution < 1.29 is 24.5 Å². The molecule has 24 heavy (non-hydrogen) atoms. The first-order valence-corrected chi connectivity index (χ1v) is 7.18. The summed E-state index contributed by atoms with van der Waals surface area (Å²) in [4.78, 5) is 36.9. The van der Waals surface area contributed by atoms with E-state index in [9.17, 15) is 24.6 Å². The first-order valence-electron chi connectivity index (χ1n) is 7.18. The van der Waals surface area contributed by atoms with Crippen molar-refractivity contribution in [3.8, 4) is 5.75 Å². The lowest BCUT2D eigenvalue weighted by Crippen LogP contribution is -2.17. The van der Waals surface area contributed by atoms with E-state index in [0.717, 1.165) is 0 Å². The molecular weight excluding hydrogens is 314 g/mol. The van der Waals surface area contributed by atoms with E-state index in [1.165, 1.54) is 19.1 Å². The highest BCUT2D eigenvalue weighted by molar-refractivity contribution is 5.90. The van der Waals surface area contributed by atoms with Crippen molar-refractivity contribution in [2.24, 2.45) is 0 Å². The Hall–Kier alpha value is -3.09. The number of aromatic nitrogens is 1. The number of H-pyrrole nitrogens is 1. The maximum absolute atomic E-state index is 12.2. The monoisotopic (exact) mass is 331 g/mol. The van der Waals surface area contributed by atoms with Gasteiger partial charge in [0.15, 0.2) is 0 Å². The minimum absolute atomic E-state index is 0.0245. The van der Waals surface area contributed by atoms with Crippen LogP contribution in [-0.2, 0) is 22.6 Å². The highest BCUT2D eigenvalue weighted by atomic mass is 16.5. The molecule has 1 aromatic heterocycles. The Labute approximate surface area is 137 Å². The molecule has 0 bridgehead atoms. The molecule has 0 saturated carbocycles. The van der Waals surface area contributed by atoms with Crippen LogP contribution in [0.5, 0.6) is 5.75 Å². The number of carbonyl (C=O) groups excluding carboxylic acids is 1. The SMILES string of the molecule is CC(=O)OCc1cc(O)c(Cc2c(C)cccc2C(=O)O)c(=O)[nH]1. The summed E-state index contributed by atoms with van der Waals surface area (Å²) in [5.74, 6) is -1.89. The lowest BCUT2D eigenvalue weighted by atomic mass is 9.95. The van der Waals surface area contributed by atoms with Crippen molar-refractivity contribution >= 4 is 11.9 Å². The number of carboxylic acid groups (broad SMARTS) is 1.